The molecule has 0 radical (unpaired) electrons. The molecule has 0 unspecified atom stereocenters. The normalized spacial score (nSPS) is 11.9. The molecular formula is C23H21N3O5S2. The van der Waals surface area contributed by atoms with E-state index in [1.807, 2.05) is 20.8 Å². The third-order valence-electron chi connectivity index (χ3n) is 5.10. The SMILES string of the molecule is COc1cc(/C=N/n2cnc3sc(C)c(C)c3c2=O)ccc1OS(=O)(=O)c1ccc(C)cc1. The third kappa shape index (κ3) is 4.53. The number of aromatic nitrogens is 2. The predicted octanol–water partition coefficient (Wildman–Crippen LogP) is 4.04. The summed E-state index contributed by atoms with van der Waals surface area (Å²) in [7, 11) is -2.62. The Morgan fingerprint density at radius 2 is 1.79 bits per heavy atom. The molecule has 0 bridgehead atoms. The minimum Gasteiger partial charge on any atom is -0.493 e. The Morgan fingerprint density at radius 1 is 1.06 bits per heavy atom. The van der Waals surface area contributed by atoms with Gasteiger partial charge in [-0.1, -0.05) is 17.7 Å². The molecule has 4 rings (SSSR count). The second kappa shape index (κ2) is 8.80. The lowest BCUT2D eigenvalue weighted by Crippen LogP contribution is -2.17. The van der Waals surface area contributed by atoms with Crippen LogP contribution >= 0.6 is 11.3 Å². The van der Waals surface area contributed by atoms with Crippen molar-refractivity contribution in [3.05, 3.63) is 80.7 Å². The molecule has 2 heterocycles. The molecular weight excluding hydrogens is 462 g/mol. The van der Waals surface area contributed by atoms with E-state index in [0.717, 1.165) is 16.0 Å². The van der Waals surface area contributed by atoms with E-state index in [-0.39, 0.29) is 22.0 Å². The molecule has 0 saturated carbocycles. The minimum atomic E-state index is -4.03. The average molecular weight is 484 g/mol. The summed E-state index contributed by atoms with van der Waals surface area (Å²) in [6, 6.07) is 11.0. The number of rotatable bonds is 6. The first-order valence-corrected chi connectivity index (χ1v) is 12.1. The molecule has 2 aromatic carbocycles. The molecule has 10 heteroatoms. The van der Waals surface area contributed by atoms with Gasteiger partial charge in [0.2, 0.25) is 0 Å². The lowest BCUT2D eigenvalue weighted by molar-refractivity contribution is 0.390. The van der Waals surface area contributed by atoms with Crippen molar-refractivity contribution in [3.8, 4) is 11.5 Å². The Hall–Kier alpha value is -3.50. The number of hydrogen-bond donors (Lipinski definition) is 0. The maximum Gasteiger partial charge on any atom is 0.339 e. The van der Waals surface area contributed by atoms with Crippen molar-refractivity contribution in [2.75, 3.05) is 7.11 Å². The highest BCUT2D eigenvalue weighted by molar-refractivity contribution is 7.87. The van der Waals surface area contributed by atoms with Gasteiger partial charge in [0.25, 0.3) is 5.56 Å². The van der Waals surface area contributed by atoms with Gasteiger partial charge in [-0.2, -0.15) is 18.2 Å². The number of thiophene rings is 1. The lowest BCUT2D eigenvalue weighted by atomic mass is 10.2. The molecule has 0 aliphatic rings. The summed E-state index contributed by atoms with van der Waals surface area (Å²) in [6.45, 7) is 5.70. The van der Waals surface area contributed by atoms with E-state index in [0.29, 0.717) is 15.8 Å². The Labute approximate surface area is 194 Å². The van der Waals surface area contributed by atoms with Crippen molar-refractivity contribution < 1.29 is 17.3 Å². The van der Waals surface area contributed by atoms with Crippen molar-refractivity contribution in [1.82, 2.24) is 9.66 Å². The molecule has 0 saturated heterocycles. The van der Waals surface area contributed by atoms with Crippen LogP contribution < -0.4 is 14.5 Å². The van der Waals surface area contributed by atoms with Gasteiger partial charge in [-0.25, -0.2) is 4.98 Å². The van der Waals surface area contributed by atoms with Crippen LogP contribution in [-0.4, -0.2) is 31.4 Å². The summed E-state index contributed by atoms with van der Waals surface area (Å²) in [5, 5.41) is 4.77. The van der Waals surface area contributed by atoms with Crippen molar-refractivity contribution in [2.24, 2.45) is 5.10 Å². The van der Waals surface area contributed by atoms with Gasteiger partial charge in [-0.05, 0) is 62.2 Å². The zero-order chi connectivity index (χ0) is 23.8. The monoisotopic (exact) mass is 483 g/mol. The highest BCUT2D eigenvalue weighted by Gasteiger charge is 2.19. The highest BCUT2D eigenvalue weighted by Crippen LogP contribution is 2.30. The zero-order valence-corrected chi connectivity index (χ0v) is 20.0. The van der Waals surface area contributed by atoms with Gasteiger partial charge in [0.05, 0.1) is 18.7 Å². The molecule has 33 heavy (non-hydrogen) atoms. The number of benzene rings is 2. The van der Waals surface area contributed by atoms with Gasteiger partial charge in [-0.3, -0.25) is 4.79 Å². The van der Waals surface area contributed by atoms with E-state index in [4.69, 9.17) is 8.92 Å². The van der Waals surface area contributed by atoms with Gasteiger partial charge < -0.3 is 8.92 Å². The molecule has 0 N–H and O–H groups in total. The summed E-state index contributed by atoms with van der Waals surface area (Å²) >= 11 is 1.47. The molecule has 0 fully saturated rings. The largest absolute Gasteiger partial charge is 0.493 e. The number of hydrogen-bond acceptors (Lipinski definition) is 8. The Bertz CT molecular complexity index is 1540. The molecule has 2 aromatic heterocycles. The standard InChI is InChI=1S/C23H21N3O5S2/c1-14-5-8-18(9-6-14)33(28,29)31-19-10-7-17(11-20(19)30-4)12-25-26-13-24-22-21(23(26)27)15(2)16(3)32-22/h5-13H,1-4H3/b25-12+. The summed E-state index contributed by atoms with van der Waals surface area (Å²) in [5.41, 5.74) is 2.16. The summed E-state index contributed by atoms with van der Waals surface area (Å²) < 4.78 is 37.0. The second-order valence-corrected chi connectivity index (χ2v) is 10.1. The van der Waals surface area contributed by atoms with Crippen molar-refractivity contribution in [1.29, 1.82) is 0 Å². The number of aryl methyl sites for hydroxylation is 3. The van der Waals surface area contributed by atoms with E-state index in [9.17, 15) is 13.2 Å². The average Bonchev–Trinajstić information content (AvgIpc) is 3.08. The topological polar surface area (TPSA) is 99.8 Å². The summed E-state index contributed by atoms with van der Waals surface area (Å²) in [6.07, 6.45) is 2.84. The van der Waals surface area contributed by atoms with Crippen molar-refractivity contribution in [3.63, 3.8) is 0 Å². The van der Waals surface area contributed by atoms with Crippen LogP contribution in [0.1, 0.15) is 21.6 Å². The first-order valence-electron chi connectivity index (χ1n) is 9.90. The maximum atomic E-state index is 12.8. The molecule has 0 aliphatic heterocycles. The van der Waals surface area contributed by atoms with Crippen LogP contribution in [0.2, 0.25) is 0 Å². The fraction of sp³-hybridized carbons (Fsp3) is 0.174. The first-order chi connectivity index (χ1) is 15.7. The summed E-state index contributed by atoms with van der Waals surface area (Å²) in [4.78, 5) is 18.9. The van der Waals surface area contributed by atoms with Gasteiger partial charge >= 0.3 is 10.1 Å². The zero-order valence-electron chi connectivity index (χ0n) is 18.4. The van der Waals surface area contributed by atoms with Crippen LogP contribution in [0.15, 0.2) is 63.6 Å². The molecule has 0 atom stereocenters. The predicted molar refractivity (Wildman–Crippen MR) is 128 cm³/mol. The van der Waals surface area contributed by atoms with E-state index in [1.165, 1.54) is 53.9 Å². The third-order valence-corrected chi connectivity index (χ3v) is 7.46. The van der Waals surface area contributed by atoms with Gasteiger partial charge in [0, 0.05) is 4.88 Å². The molecule has 0 spiro atoms. The second-order valence-electron chi connectivity index (χ2n) is 7.36. The van der Waals surface area contributed by atoms with Gasteiger partial charge in [-0.15, -0.1) is 11.3 Å². The number of ether oxygens (including phenoxy) is 1. The van der Waals surface area contributed by atoms with Crippen LogP contribution in [-0.2, 0) is 10.1 Å². The Balaban J connectivity index is 1.62. The molecule has 170 valence electrons. The van der Waals surface area contributed by atoms with Gasteiger partial charge in [0.1, 0.15) is 16.1 Å². The highest BCUT2D eigenvalue weighted by atomic mass is 32.2. The number of fused-ring (bicyclic) bond motifs is 1. The molecule has 0 aliphatic carbocycles. The number of methoxy groups -OCH3 is 1. The van der Waals surface area contributed by atoms with E-state index >= 15 is 0 Å². The minimum absolute atomic E-state index is 0.0415. The smallest absolute Gasteiger partial charge is 0.339 e. The Kier molecular flexibility index (Phi) is 6.05. The van der Waals surface area contributed by atoms with E-state index in [1.54, 1.807) is 24.3 Å². The van der Waals surface area contributed by atoms with Crippen LogP contribution in [0.5, 0.6) is 11.5 Å². The van der Waals surface area contributed by atoms with Crippen LogP contribution in [0.4, 0.5) is 0 Å². The molecule has 4 aromatic rings. The lowest BCUT2D eigenvalue weighted by Gasteiger charge is -2.11. The van der Waals surface area contributed by atoms with E-state index < -0.39 is 10.1 Å². The molecule has 8 nitrogen and oxygen atoms in total. The summed E-state index contributed by atoms with van der Waals surface area (Å²) in [5.74, 6) is 0.250. The van der Waals surface area contributed by atoms with Crippen LogP contribution in [0, 0.1) is 20.8 Å². The molecule has 0 amide bonds. The van der Waals surface area contributed by atoms with Crippen LogP contribution in [0.25, 0.3) is 10.2 Å². The fourth-order valence-corrected chi connectivity index (χ4v) is 5.07. The van der Waals surface area contributed by atoms with E-state index in [2.05, 4.69) is 10.1 Å². The van der Waals surface area contributed by atoms with Crippen molar-refractivity contribution >= 4 is 37.9 Å². The van der Waals surface area contributed by atoms with Crippen LogP contribution in [0.3, 0.4) is 0 Å². The fourth-order valence-electron chi connectivity index (χ4n) is 3.14. The quantitative estimate of drug-likeness (QED) is 0.303. The van der Waals surface area contributed by atoms with Crippen molar-refractivity contribution in [2.45, 2.75) is 25.7 Å². The number of nitrogens with zero attached hydrogens (tertiary/aromatic N) is 3. The maximum absolute atomic E-state index is 12.8. The van der Waals surface area contributed by atoms with Gasteiger partial charge in [0.15, 0.2) is 11.5 Å². The Morgan fingerprint density at radius 3 is 2.48 bits per heavy atom. The first kappa shape index (κ1) is 22.7.